The minimum atomic E-state index is 0.228. The van der Waals surface area contributed by atoms with E-state index < -0.39 is 0 Å². The zero-order valence-corrected chi connectivity index (χ0v) is 11.9. The van der Waals surface area contributed by atoms with Gasteiger partial charge in [-0.3, -0.25) is 0 Å². The molecule has 3 nitrogen and oxygen atoms in total. The number of hydrogen-bond donors (Lipinski definition) is 1. The van der Waals surface area contributed by atoms with Crippen LogP contribution in [0.4, 0.5) is 0 Å². The average molecular weight is 254 g/mol. The molecule has 1 aromatic heterocycles. The van der Waals surface area contributed by atoms with Gasteiger partial charge in [-0.2, -0.15) is 0 Å². The van der Waals surface area contributed by atoms with Crippen LogP contribution in [0.3, 0.4) is 0 Å². The second-order valence-corrected chi connectivity index (χ2v) is 6.21. The lowest BCUT2D eigenvalue weighted by Gasteiger charge is -2.10. The third kappa shape index (κ3) is 3.27. The van der Waals surface area contributed by atoms with Crippen LogP contribution in [-0.2, 0) is 11.3 Å². The fourth-order valence-electron chi connectivity index (χ4n) is 1.93. The number of nitrogens with zero attached hydrogens (tertiary/aromatic N) is 1. The lowest BCUT2D eigenvalue weighted by Crippen LogP contribution is -2.21. The van der Waals surface area contributed by atoms with Gasteiger partial charge in [-0.1, -0.05) is 13.8 Å². The Balaban J connectivity index is 2.06. The Hall–Kier alpha value is -0.450. The smallest absolute Gasteiger partial charge is 0.122 e. The molecule has 96 valence electrons. The van der Waals surface area contributed by atoms with Crippen LogP contribution in [0.15, 0.2) is 0 Å². The van der Waals surface area contributed by atoms with E-state index in [0.717, 1.165) is 17.2 Å². The van der Waals surface area contributed by atoms with E-state index >= 15 is 0 Å². The number of rotatable bonds is 6. The monoisotopic (exact) mass is 254 g/mol. The third-order valence-corrected chi connectivity index (χ3v) is 4.35. The molecule has 1 aliphatic carbocycles. The van der Waals surface area contributed by atoms with Gasteiger partial charge in [0, 0.05) is 24.6 Å². The van der Waals surface area contributed by atoms with Gasteiger partial charge in [-0.15, -0.1) is 11.3 Å². The van der Waals surface area contributed by atoms with Gasteiger partial charge in [0.2, 0.25) is 0 Å². The van der Waals surface area contributed by atoms with Crippen LogP contribution in [0.2, 0.25) is 0 Å². The first-order valence-electron chi connectivity index (χ1n) is 6.34. The molecule has 0 radical (unpaired) electrons. The summed E-state index contributed by atoms with van der Waals surface area (Å²) >= 11 is 1.80. The van der Waals surface area contributed by atoms with Crippen molar-refractivity contribution in [1.82, 2.24) is 10.3 Å². The summed E-state index contributed by atoms with van der Waals surface area (Å²) < 4.78 is 5.58. The molecule has 1 unspecified atom stereocenters. The molecule has 1 saturated carbocycles. The van der Waals surface area contributed by atoms with E-state index in [1.54, 1.807) is 18.4 Å². The first-order chi connectivity index (χ1) is 8.11. The van der Waals surface area contributed by atoms with Crippen LogP contribution in [0, 0.1) is 12.8 Å². The van der Waals surface area contributed by atoms with Crippen molar-refractivity contribution in [3.63, 3.8) is 0 Å². The molecule has 17 heavy (non-hydrogen) atoms. The van der Waals surface area contributed by atoms with Gasteiger partial charge in [0.25, 0.3) is 0 Å². The van der Waals surface area contributed by atoms with E-state index in [-0.39, 0.29) is 6.10 Å². The van der Waals surface area contributed by atoms with Gasteiger partial charge >= 0.3 is 0 Å². The van der Waals surface area contributed by atoms with E-state index in [1.165, 1.54) is 17.7 Å². The Morgan fingerprint density at radius 1 is 1.47 bits per heavy atom. The Kier molecular flexibility index (Phi) is 4.17. The molecule has 1 heterocycles. The van der Waals surface area contributed by atoms with Crippen LogP contribution >= 0.6 is 11.3 Å². The van der Waals surface area contributed by atoms with Gasteiger partial charge < -0.3 is 10.1 Å². The molecule has 1 aliphatic rings. The quantitative estimate of drug-likeness (QED) is 0.847. The molecule has 4 heteroatoms. The molecule has 1 N–H and O–H groups in total. The van der Waals surface area contributed by atoms with Gasteiger partial charge in [0.15, 0.2) is 0 Å². The number of thiazole rings is 1. The van der Waals surface area contributed by atoms with Crippen molar-refractivity contribution in [3.05, 3.63) is 15.6 Å². The highest BCUT2D eigenvalue weighted by molar-refractivity contribution is 7.11. The molecule has 1 fully saturated rings. The Morgan fingerprint density at radius 3 is 2.71 bits per heavy atom. The fraction of sp³-hybridized carbons (Fsp3) is 0.769. The molecule has 0 amide bonds. The summed E-state index contributed by atoms with van der Waals surface area (Å²) in [5.74, 6) is 0.705. The Labute approximate surface area is 108 Å². The minimum absolute atomic E-state index is 0.228. The van der Waals surface area contributed by atoms with Crippen molar-refractivity contribution >= 4 is 11.3 Å². The van der Waals surface area contributed by atoms with Crippen molar-refractivity contribution < 1.29 is 4.74 Å². The van der Waals surface area contributed by atoms with Crippen LogP contribution in [0.1, 0.15) is 48.4 Å². The largest absolute Gasteiger partial charge is 0.374 e. The number of methoxy groups -OCH3 is 1. The van der Waals surface area contributed by atoms with Crippen LogP contribution in [0.25, 0.3) is 0 Å². The van der Waals surface area contributed by atoms with E-state index in [9.17, 15) is 0 Å². The van der Waals surface area contributed by atoms with Crippen LogP contribution in [0.5, 0.6) is 0 Å². The average Bonchev–Trinajstić information content (AvgIpc) is 3.02. The predicted molar refractivity (Wildman–Crippen MR) is 71.3 cm³/mol. The minimum Gasteiger partial charge on any atom is -0.374 e. The summed E-state index contributed by atoms with van der Waals surface area (Å²) in [5, 5.41) is 4.61. The first-order valence-corrected chi connectivity index (χ1v) is 7.15. The van der Waals surface area contributed by atoms with Crippen molar-refractivity contribution in [2.75, 3.05) is 7.11 Å². The molecule has 0 spiro atoms. The van der Waals surface area contributed by atoms with E-state index in [4.69, 9.17) is 4.74 Å². The number of aryl methyl sites for hydroxylation is 1. The predicted octanol–water partition coefficient (Wildman–Crippen LogP) is 3.05. The van der Waals surface area contributed by atoms with Gasteiger partial charge in [-0.25, -0.2) is 4.98 Å². The zero-order valence-electron chi connectivity index (χ0n) is 11.1. The lowest BCUT2D eigenvalue weighted by molar-refractivity contribution is 0.0843. The standard InChI is InChI=1S/C13H22N2OS/c1-8(2)14-7-11-9(3)15-13(17-11)12(16-4)10-5-6-10/h8,10,12,14H,5-7H2,1-4H3. The molecular weight excluding hydrogens is 232 g/mol. The number of aromatic nitrogens is 1. The van der Waals surface area contributed by atoms with Crippen molar-refractivity contribution in [3.8, 4) is 0 Å². The molecule has 1 aromatic rings. The summed E-state index contributed by atoms with van der Waals surface area (Å²) in [4.78, 5) is 6.02. The van der Waals surface area contributed by atoms with Gasteiger partial charge in [-0.05, 0) is 25.7 Å². The maximum Gasteiger partial charge on any atom is 0.122 e. The molecule has 0 saturated heterocycles. The SMILES string of the molecule is COC(c1nc(C)c(CNC(C)C)s1)C1CC1. The summed E-state index contributed by atoms with van der Waals surface area (Å²) in [7, 11) is 1.80. The fourth-order valence-corrected chi connectivity index (χ4v) is 3.12. The molecule has 0 aliphatic heterocycles. The molecule has 0 bridgehead atoms. The normalized spacial score (nSPS) is 17.7. The third-order valence-electron chi connectivity index (χ3n) is 3.13. The van der Waals surface area contributed by atoms with Crippen molar-refractivity contribution in [1.29, 1.82) is 0 Å². The summed E-state index contributed by atoms with van der Waals surface area (Å²) in [6, 6.07) is 0.515. The molecule has 1 atom stereocenters. The van der Waals surface area contributed by atoms with Crippen molar-refractivity contribution in [2.45, 2.75) is 52.3 Å². The molecule has 2 rings (SSSR count). The van der Waals surface area contributed by atoms with Gasteiger partial charge in [0.05, 0.1) is 5.69 Å². The van der Waals surface area contributed by atoms with Crippen LogP contribution in [-0.4, -0.2) is 18.1 Å². The first kappa shape index (κ1) is 13.0. The lowest BCUT2D eigenvalue weighted by atomic mass is 10.2. The van der Waals surface area contributed by atoms with E-state index in [1.807, 2.05) is 0 Å². The topological polar surface area (TPSA) is 34.1 Å². The number of nitrogens with one attached hydrogen (secondary N) is 1. The molecular formula is C13H22N2OS. The van der Waals surface area contributed by atoms with Crippen molar-refractivity contribution in [2.24, 2.45) is 5.92 Å². The second-order valence-electron chi connectivity index (χ2n) is 5.09. The highest BCUT2D eigenvalue weighted by Gasteiger charge is 2.34. The van der Waals surface area contributed by atoms with Gasteiger partial charge in [0.1, 0.15) is 11.1 Å². The Bertz CT molecular complexity index is 371. The zero-order chi connectivity index (χ0) is 12.4. The van der Waals surface area contributed by atoms with E-state index in [0.29, 0.717) is 12.0 Å². The Morgan fingerprint density at radius 2 is 2.18 bits per heavy atom. The maximum atomic E-state index is 5.58. The maximum absolute atomic E-state index is 5.58. The second kappa shape index (κ2) is 5.46. The summed E-state index contributed by atoms with van der Waals surface area (Å²) in [6.45, 7) is 7.35. The number of hydrogen-bond acceptors (Lipinski definition) is 4. The highest BCUT2D eigenvalue weighted by Crippen LogP contribution is 2.44. The molecule has 0 aromatic carbocycles. The highest BCUT2D eigenvalue weighted by atomic mass is 32.1. The number of ether oxygens (including phenoxy) is 1. The summed E-state index contributed by atoms with van der Waals surface area (Å²) in [6.07, 6.45) is 2.81. The van der Waals surface area contributed by atoms with Crippen LogP contribution < -0.4 is 5.32 Å². The summed E-state index contributed by atoms with van der Waals surface area (Å²) in [5.41, 5.74) is 1.15. The van der Waals surface area contributed by atoms with E-state index in [2.05, 4.69) is 31.1 Å².